The zero-order valence-electron chi connectivity index (χ0n) is 18.0. The Balaban J connectivity index is 1.53. The topological polar surface area (TPSA) is 79.0 Å². The van der Waals surface area contributed by atoms with E-state index in [9.17, 15) is 13.2 Å². The van der Waals surface area contributed by atoms with Crippen LogP contribution in [0.3, 0.4) is 0 Å². The highest BCUT2D eigenvalue weighted by Gasteiger charge is 2.32. The molecule has 0 aromatic heterocycles. The molecule has 31 heavy (non-hydrogen) atoms. The van der Waals surface area contributed by atoms with Crippen molar-refractivity contribution in [3.05, 3.63) is 48.0 Å². The number of hydrogen-bond donors (Lipinski definition) is 1. The zero-order valence-corrected chi connectivity index (χ0v) is 18.8. The molecule has 0 spiro atoms. The van der Waals surface area contributed by atoms with Crippen molar-refractivity contribution in [3.8, 4) is 5.75 Å². The van der Waals surface area contributed by atoms with Crippen molar-refractivity contribution in [1.82, 2.24) is 4.31 Å². The van der Waals surface area contributed by atoms with Gasteiger partial charge in [0.05, 0.1) is 13.2 Å². The molecule has 2 aliphatic rings. The van der Waals surface area contributed by atoms with E-state index in [-0.39, 0.29) is 23.4 Å². The summed E-state index contributed by atoms with van der Waals surface area (Å²) in [5.41, 5.74) is 2.70. The van der Waals surface area contributed by atoms with Crippen LogP contribution in [0.25, 0.3) is 0 Å². The molecule has 1 atom stereocenters. The average Bonchev–Trinajstić information content (AvgIpc) is 3.40. The predicted molar refractivity (Wildman–Crippen MR) is 121 cm³/mol. The molecule has 1 amide bonds. The van der Waals surface area contributed by atoms with Gasteiger partial charge in [0, 0.05) is 30.5 Å². The maximum absolute atomic E-state index is 13.2. The first-order chi connectivity index (χ1) is 14.9. The Kier molecular flexibility index (Phi) is 6.20. The van der Waals surface area contributed by atoms with E-state index in [0.717, 1.165) is 24.9 Å². The minimum Gasteiger partial charge on any atom is -0.492 e. The second-order valence-corrected chi connectivity index (χ2v) is 9.91. The summed E-state index contributed by atoms with van der Waals surface area (Å²) in [5, 5.41) is 3.12. The fraction of sp³-hybridized carbons (Fsp3) is 0.435. The number of sulfonamides is 1. The first kappa shape index (κ1) is 21.6. The molecule has 2 heterocycles. The lowest BCUT2D eigenvalue weighted by molar-refractivity contribution is -0.117. The monoisotopic (exact) mass is 443 g/mol. The minimum atomic E-state index is -3.64. The summed E-state index contributed by atoms with van der Waals surface area (Å²) in [4.78, 5) is 14.9. The Labute approximate surface area is 184 Å². The highest BCUT2D eigenvalue weighted by Crippen LogP contribution is 2.33. The first-order valence-corrected chi connectivity index (χ1v) is 12.3. The summed E-state index contributed by atoms with van der Waals surface area (Å²) >= 11 is 0. The summed E-state index contributed by atoms with van der Waals surface area (Å²) in [6.07, 6.45) is 2.57. The molecule has 1 N–H and O–H groups in total. The lowest BCUT2D eigenvalue weighted by atomic mass is 10.1. The third kappa shape index (κ3) is 4.27. The van der Waals surface area contributed by atoms with Gasteiger partial charge in [0.25, 0.3) is 0 Å². The Morgan fingerprint density at radius 3 is 2.65 bits per heavy atom. The van der Waals surface area contributed by atoms with Crippen molar-refractivity contribution in [2.45, 2.75) is 44.0 Å². The third-order valence-corrected chi connectivity index (χ3v) is 7.77. The number of amides is 1. The van der Waals surface area contributed by atoms with Gasteiger partial charge in [0.15, 0.2) is 0 Å². The average molecular weight is 444 g/mol. The summed E-state index contributed by atoms with van der Waals surface area (Å²) in [6, 6.07) is 13.0. The number of benzene rings is 2. The molecule has 166 valence electrons. The summed E-state index contributed by atoms with van der Waals surface area (Å²) in [5.74, 6) is 0.295. The smallest absolute Gasteiger partial charge is 0.246 e. The van der Waals surface area contributed by atoms with Gasteiger partial charge in [-0.3, -0.25) is 4.79 Å². The second-order valence-electron chi connectivity index (χ2n) is 8.00. The second kappa shape index (κ2) is 8.88. The Bertz CT molecular complexity index is 1060. The standard InChI is InChI=1S/C23H29N3O4S/c1-3-30-21-11-10-19(15-22(21)31(28,29)25-12-6-7-13-25)24-16-23(27)26-17(2)14-18-8-4-5-9-20(18)26/h4-5,8-11,15,17,24H,3,6-7,12-14,16H2,1-2H3. The number of ether oxygens (including phenoxy) is 1. The zero-order chi connectivity index (χ0) is 22.0. The lowest BCUT2D eigenvalue weighted by Gasteiger charge is -2.23. The van der Waals surface area contributed by atoms with E-state index in [4.69, 9.17) is 4.74 Å². The fourth-order valence-electron chi connectivity index (χ4n) is 4.37. The highest BCUT2D eigenvalue weighted by atomic mass is 32.2. The van der Waals surface area contributed by atoms with E-state index in [1.807, 2.05) is 36.9 Å². The molecule has 0 saturated carbocycles. The van der Waals surface area contributed by atoms with Crippen molar-refractivity contribution < 1.29 is 17.9 Å². The minimum absolute atomic E-state index is 0.0460. The largest absolute Gasteiger partial charge is 0.492 e. The van der Waals surface area contributed by atoms with Gasteiger partial charge in [-0.15, -0.1) is 0 Å². The van der Waals surface area contributed by atoms with Crippen LogP contribution in [0.4, 0.5) is 11.4 Å². The summed E-state index contributed by atoms with van der Waals surface area (Å²) in [7, 11) is -3.64. The summed E-state index contributed by atoms with van der Waals surface area (Å²) < 4.78 is 33.4. The van der Waals surface area contributed by atoms with Crippen molar-refractivity contribution in [2.24, 2.45) is 0 Å². The molecule has 2 aliphatic heterocycles. The summed E-state index contributed by atoms with van der Waals surface area (Å²) in [6.45, 7) is 5.37. The number of nitrogens with zero attached hydrogens (tertiary/aromatic N) is 2. The Hall–Kier alpha value is -2.58. The molecular formula is C23H29N3O4S. The van der Waals surface area contributed by atoms with Crippen molar-refractivity contribution in [3.63, 3.8) is 0 Å². The number of carbonyl (C=O) groups is 1. The number of fused-ring (bicyclic) bond motifs is 1. The number of rotatable bonds is 7. The van der Waals surface area contributed by atoms with E-state index in [1.165, 1.54) is 9.87 Å². The third-order valence-electron chi connectivity index (χ3n) is 5.85. The number of anilines is 2. The van der Waals surface area contributed by atoms with Crippen LogP contribution in [0.15, 0.2) is 47.4 Å². The van der Waals surface area contributed by atoms with Gasteiger partial charge in [-0.05, 0) is 62.9 Å². The molecule has 1 saturated heterocycles. The molecule has 2 aromatic carbocycles. The highest BCUT2D eigenvalue weighted by molar-refractivity contribution is 7.89. The molecule has 0 radical (unpaired) electrons. The van der Waals surface area contributed by atoms with E-state index < -0.39 is 10.0 Å². The van der Waals surface area contributed by atoms with Gasteiger partial charge in [-0.25, -0.2) is 8.42 Å². The molecule has 2 aromatic rings. The van der Waals surface area contributed by atoms with Crippen molar-refractivity contribution >= 4 is 27.3 Å². The quantitative estimate of drug-likeness (QED) is 0.711. The van der Waals surface area contributed by atoms with Crippen LogP contribution >= 0.6 is 0 Å². The van der Waals surface area contributed by atoms with E-state index in [0.29, 0.717) is 31.1 Å². The van der Waals surface area contributed by atoms with E-state index in [1.54, 1.807) is 18.2 Å². The predicted octanol–water partition coefficient (Wildman–Crippen LogP) is 3.26. The molecule has 0 bridgehead atoms. The molecule has 0 aliphatic carbocycles. The molecule has 7 nitrogen and oxygen atoms in total. The maximum Gasteiger partial charge on any atom is 0.246 e. The molecular weight excluding hydrogens is 414 g/mol. The van der Waals surface area contributed by atoms with Crippen LogP contribution in [0.1, 0.15) is 32.3 Å². The van der Waals surface area contributed by atoms with Crippen LogP contribution in [-0.4, -0.2) is 50.9 Å². The fourth-order valence-corrected chi connectivity index (χ4v) is 6.04. The van der Waals surface area contributed by atoms with Crippen LogP contribution in [-0.2, 0) is 21.2 Å². The SMILES string of the molecule is CCOc1ccc(NCC(=O)N2c3ccccc3CC2C)cc1S(=O)(=O)N1CCCC1. The van der Waals surface area contributed by atoms with E-state index >= 15 is 0 Å². The molecule has 1 unspecified atom stereocenters. The van der Waals surface area contributed by atoms with Gasteiger partial charge < -0.3 is 15.0 Å². The normalized spacial score (nSPS) is 18.8. The van der Waals surface area contributed by atoms with Crippen molar-refractivity contribution in [1.29, 1.82) is 0 Å². The van der Waals surface area contributed by atoms with Crippen LogP contribution in [0.5, 0.6) is 5.75 Å². The van der Waals surface area contributed by atoms with Crippen LogP contribution in [0.2, 0.25) is 0 Å². The van der Waals surface area contributed by atoms with E-state index in [2.05, 4.69) is 11.4 Å². The molecule has 1 fully saturated rings. The number of nitrogens with one attached hydrogen (secondary N) is 1. The number of carbonyl (C=O) groups excluding carboxylic acids is 1. The number of hydrogen-bond acceptors (Lipinski definition) is 5. The maximum atomic E-state index is 13.2. The first-order valence-electron chi connectivity index (χ1n) is 10.8. The van der Waals surface area contributed by atoms with Crippen molar-refractivity contribution in [2.75, 3.05) is 36.5 Å². The van der Waals surface area contributed by atoms with Crippen LogP contribution in [0, 0.1) is 0 Å². The Morgan fingerprint density at radius 1 is 1.16 bits per heavy atom. The van der Waals surface area contributed by atoms with Gasteiger partial charge in [-0.1, -0.05) is 18.2 Å². The van der Waals surface area contributed by atoms with Crippen LogP contribution < -0.4 is 15.0 Å². The lowest BCUT2D eigenvalue weighted by Crippen LogP contribution is -2.39. The van der Waals surface area contributed by atoms with Gasteiger partial charge in [0.2, 0.25) is 15.9 Å². The molecule has 4 rings (SSSR count). The number of para-hydroxylation sites is 1. The van der Waals surface area contributed by atoms with Gasteiger partial charge in [0.1, 0.15) is 10.6 Å². The molecule has 8 heteroatoms. The van der Waals surface area contributed by atoms with Gasteiger partial charge in [-0.2, -0.15) is 4.31 Å². The van der Waals surface area contributed by atoms with Gasteiger partial charge >= 0.3 is 0 Å². The Morgan fingerprint density at radius 2 is 1.90 bits per heavy atom.